The highest BCUT2D eigenvalue weighted by Crippen LogP contribution is 1.98. The molecule has 0 rings (SSSR count). The van der Waals surface area contributed by atoms with Gasteiger partial charge in [-0.15, -0.1) is 0 Å². The van der Waals surface area contributed by atoms with E-state index in [9.17, 15) is 4.79 Å². The summed E-state index contributed by atoms with van der Waals surface area (Å²) in [6.45, 7) is 15.1. The summed E-state index contributed by atoms with van der Waals surface area (Å²) in [4.78, 5) is 20.7. The van der Waals surface area contributed by atoms with Gasteiger partial charge in [-0.25, -0.2) is 0 Å². The third-order valence-corrected chi connectivity index (χ3v) is 4.16. The van der Waals surface area contributed by atoms with Crippen LogP contribution in [0.1, 0.15) is 47.5 Å². The van der Waals surface area contributed by atoms with Crippen molar-refractivity contribution in [3.63, 3.8) is 0 Å². The number of hydrogen-bond donors (Lipinski definition) is 2. The molecule has 2 N–H and O–H groups in total. The summed E-state index contributed by atoms with van der Waals surface area (Å²) < 4.78 is 0. The Labute approximate surface area is 142 Å². The van der Waals surface area contributed by atoms with Crippen molar-refractivity contribution < 1.29 is 4.79 Å². The van der Waals surface area contributed by atoms with Gasteiger partial charge < -0.3 is 20.4 Å². The molecule has 0 aromatic rings. The largest absolute Gasteiger partial charge is 0.357 e. The zero-order chi connectivity index (χ0) is 17.7. The molecule has 0 bridgehead atoms. The first kappa shape index (κ1) is 21.7. The first-order chi connectivity index (χ1) is 11.0. The lowest BCUT2D eigenvalue weighted by Crippen LogP contribution is -2.40. The molecule has 1 amide bonds. The van der Waals surface area contributed by atoms with E-state index in [1.54, 1.807) is 0 Å². The van der Waals surface area contributed by atoms with Crippen LogP contribution in [-0.4, -0.2) is 74.0 Å². The molecule has 23 heavy (non-hydrogen) atoms. The molecule has 0 aromatic carbocycles. The van der Waals surface area contributed by atoms with Crippen molar-refractivity contribution in [2.45, 2.75) is 53.5 Å². The molecule has 0 aliphatic rings. The smallest absolute Gasteiger partial charge is 0.224 e. The minimum atomic E-state index is 0.190. The lowest BCUT2D eigenvalue weighted by atomic mass is 10.2. The SMILES string of the molecule is CCNC(=NCCN(C)C(C)CC)NCCC(=O)N(CC)CC. The van der Waals surface area contributed by atoms with Gasteiger partial charge in [0.15, 0.2) is 5.96 Å². The number of carbonyl (C=O) groups is 1. The molecule has 1 atom stereocenters. The van der Waals surface area contributed by atoms with E-state index < -0.39 is 0 Å². The molecule has 0 saturated carbocycles. The Morgan fingerprint density at radius 1 is 1.13 bits per heavy atom. The van der Waals surface area contributed by atoms with Gasteiger partial charge in [-0.2, -0.15) is 0 Å². The van der Waals surface area contributed by atoms with Crippen molar-refractivity contribution in [3.05, 3.63) is 0 Å². The number of rotatable bonds is 11. The lowest BCUT2D eigenvalue weighted by molar-refractivity contribution is -0.130. The Morgan fingerprint density at radius 3 is 2.30 bits per heavy atom. The predicted octanol–water partition coefficient (Wildman–Crippen LogP) is 1.53. The lowest BCUT2D eigenvalue weighted by Gasteiger charge is -2.22. The molecule has 0 fully saturated rings. The highest BCUT2D eigenvalue weighted by molar-refractivity contribution is 5.81. The van der Waals surface area contributed by atoms with E-state index in [0.29, 0.717) is 19.0 Å². The number of amides is 1. The summed E-state index contributed by atoms with van der Waals surface area (Å²) in [5, 5.41) is 6.47. The molecule has 0 heterocycles. The second kappa shape index (κ2) is 13.2. The van der Waals surface area contributed by atoms with Crippen LogP contribution in [0.15, 0.2) is 4.99 Å². The maximum atomic E-state index is 12.0. The summed E-state index contributed by atoms with van der Waals surface area (Å²) in [5.41, 5.74) is 0. The van der Waals surface area contributed by atoms with E-state index in [4.69, 9.17) is 0 Å². The summed E-state index contributed by atoms with van der Waals surface area (Å²) in [7, 11) is 2.13. The molecular formula is C17H37N5O. The van der Waals surface area contributed by atoms with Gasteiger partial charge in [0, 0.05) is 45.2 Å². The Kier molecular flexibility index (Phi) is 12.4. The monoisotopic (exact) mass is 327 g/mol. The van der Waals surface area contributed by atoms with Gasteiger partial charge in [0.05, 0.1) is 6.54 Å². The van der Waals surface area contributed by atoms with Gasteiger partial charge in [-0.1, -0.05) is 6.92 Å². The quantitative estimate of drug-likeness (QED) is 0.446. The summed E-state index contributed by atoms with van der Waals surface area (Å²) >= 11 is 0. The van der Waals surface area contributed by atoms with Gasteiger partial charge in [0.2, 0.25) is 5.91 Å². The van der Waals surface area contributed by atoms with Gasteiger partial charge in [-0.3, -0.25) is 9.79 Å². The normalized spacial score (nSPS) is 13.1. The highest BCUT2D eigenvalue weighted by atomic mass is 16.2. The second-order valence-corrected chi connectivity index (χ2v) is 5.74. The van der Waals surface area contributed by atoms with Gasteiger partial charge in [0.25, 0.3) is 0 Å². The van der Waals surface area contributed by atoms with Crippen molar-refractivity contribution in [2.75, 3.05) is 46.3 Å². The fourth-order valence-electron chi connectivity index (χ4n) is 2.22. The van der Waals surface area contributed by atoms with Crippen molar-refractivity contribution in [1.82, 2.24) is 20.4 Å². The molecule has 0 saturated heterocycles. The highest BCUT2D eigenvalue weighted by Gasteiger charge is 2.09. The van der Waals surface area contributed by atoms with Crippen LogP contribution in [0, 0.1) is 0 Å². The van der Waals surface area contributed by atoms with E-state index in [0.717, 1.165) is 45.1 Å². The summed E-state index contributed by atoms with van der Waals surface area (Å²) in [6, 6.07) is 0.576. The fraction of sp³-hybridized carbons (Fsp3) is 0.882. The van der Waals surface area contributed by atoms with Crippen molar-refractivity contribution in [2.24, 2.45) is 4.99 Å². The Hall–Kier alpha value is -1.30. The molecule has 1 unspecified atom stereocenters. The van der Waals surface area contributed by atoms with E-state index in [1.807, 2.05) is 25.7 Å². The van der Waals surface area contributed by atoms with E-state index in [1.165, 1.54) is 0 Å². The zero-order valence-corrected chi connectivity index (χ0v) is 16.0. The maximum Gasteiger partial charge on any atom is 0.224 e. The average molecular weight is 328 g/mol. The second-order valence-electron chi connectivity index (χ2n) is 5.74. The van der Waals surface area contributed by atoms with Crippen molar-refractivity contribution in [1.29, 1.82) is 0 Å². The summed E-state index contributed by atoms with van der Waals surface area (Å²) in [6.07, 6.45) is 1.64. The van der Waals surface area contributed by atoms with E-state index in [2.05, 4.69) is 41.4 Å². The number of likely N-dealkylation sites (N-methyl/N-ethyl adjacent to an activating group) is 1. The Morgan fingerprint density at radius 2 is 1.78 bits per heavy atom. The Balaban J connectivity index is 4.24. The molecule has 0 aliphatic heterocycles. The molecule has 0 radical (unpaired) electrons. The number of hydrogen-bond acceptors (Lipinski definition) is 3. The van der Waals surface area contributed by atoms with Gasteiger partial charge >= 0.3 is 0 Å². The van der Waals surface area contributed by atoms with Crippen LogP contribution in [0.25, 0.3) is 0 Å². The minimum absolute atomic E-state index is 0.190. The number of carbonyl (C=O) groups excluding carboxylic acids is 1. The molecular weight excluding hydrogens is 290 g/mol. The van der Waals surface area contributed by atoms with E-state index >= 15 is 0 Å². The molecule has 0 aliphatic carbocycles. The molecule has 6 heteroatoms. The first-order valence-electron chi connectivity index (χ1n) is 9.00. The summed E-state index contributed by atoms with van der Waals surface area (Å²) in [5.74, 6) is 0.979. The molecule has 136 valence electrons. The third kappa shape index (κ3) is 9.43. The first-order valence-corrected chi connectivity index (χ1v) is 9.00. The standard InChI is InChI=1S/C17H37N5O/c1-7-15(5)21(6)14-13-20-17(18-8-2)19-12-11-16(23)22(9-3)10-4/h15H,7-14H2,1-6H3,(H2,18,19,20). The van der Waals surface area contributed by atoms with Crippen LogP contribution in [0.3, 0.4) is 0 Å². The van der Waals surface area contributed by atoms with Crippen molar-refractivity contribution >= 4 is 11.9 Å². The molecule has 6 nitrogen and oxygen atoms in total. The van der Waals surface area contributed by atoms with Crippen LogP contribution < -0.4 is 10.6 Å². The van der Waals surface area contributed by atoms with Crippen LogP contribution >= 0.6 is 0 Å². The predicted molar refractivity (Wildman–Crippen MR) is 98.9 cm³/mol. The van der Waals surface area contributed by atoms with Crippen LogP contribution in [0.2, 0.25) is 0 Å². The average Bonchev–Trinajstić information content (AvgIpc) is 2.55. The fourth-order valence-corrected chi connectivity index (χ4v) is 2.22. The van der Waals surface area contributed by atoms with Crippen LogP contribution in [-0.2, 0) is 4.79 Å². The topological polar surface area (TPSA) is 60.0 Å². The van der Waals surface area contributed by atoms with Crippen molar-refractivity contribution in [3.8, 4) is 0 Å². The van der Waals surface area contributed by atoms with Crippen LogP contribution in [0.4, 0.5) is 0 Å². The molecule has 0 aromatic heterocycles. The number of guanidine groups is 1. The van der Waals surface area contributed by atoms with Gasteiger partial charge in [-0.05, 0) is 41.2 Å². The maximum absolute atomic E-state index is 12.0. The number of nitrogens with zero attached hydrogens (tertiary/aromatic N) is 3. The minimum Gasteiger partial charge on any atom is -0.357 e. The Bertz CT molecular complexity index is 342. The zero-order valence-electron chi connectivity index (χ0n) is 16.0. The number of aliphatic imine (C=N–C) groups is 1. The van der Waals surface area contributed by atoms with E-state index in [-0.39, 0.29) is 5.91 Å². The molecule has 0 spiro atoms. The third-order valence-electron chi connectivity index (χ3n) is 4.16. The van der Waals surface area contributed by atoms with Crippen LogP contribution in [0.5, 0.6) is 0 Å². The number of nitrogens with one attached hydrogen (secondary N) is 2. The van der Waals surface area contributed by atoms with Gasteiger partial charge in [0.1, 0.15) is 0 Å².